The van der Waals surface area contributed by atoms with Gasteiger partial charge < -0.3 is 19.9 Å². The molecule has 0 aliphatic heterocycles. The van der Waals surface area contributed by atoms with Gasteiger partial charge in [0, 0.05) is 25.8 Å². The van der Waals surface area contributed by atoms with E-state index in [4.69, 9.17) is 9.47 Å². The molecule has 5 nitrogen and oxygen atoms in total. The minimum absolute atomic E-state index is 0.179. The monoisotopic (exact) mass is 281 g/mol. The van der Waals surface area contributed by atoms with E-state index in [2.05, 4.69) is 5.32 Å². The molecule has 1 rings (SSSR count). The zero-order valence-electron chi connectivity index (χ0n) is 12.3. The molecule has 0 aromatic heterocycles. The number of methoxy groups -OCH3 is 1. The highest BCUT2D eigenvalue weighted by Gasteiger charge is 2.17. The van der Waals surface area contributed by atoms with Gasteiger partial charge in [-0.15, -0.1) is 0 Å². The molecule has 0 fully saturated rings. The van der Waals surface area contributed by atoms with E-state index in [0.29, 0.717) is 24.5 Å². The van der Waals surface area contributed by atoms with Gasteiger partial charge in [-0.1, -0.05) is 18.2 Å². The van der Waals surface area contributed by atoms with Gasteiger partial charge in [-0.25, -0.2) is 0 Å². The first-order valence-corrected chi connectivity index (χ1v) is 6.76. The Morgan fingerprint density at radius 1 is 1.35 bits per heavy atom. The average Bonchev–Trinajstić information content (AvgIpc) is 2.43. The zero-order chi connectivity index (χ0) is 15.0. The fourth-order valence-corrected chi connectivity index (χ4v) is 1.75. The van der Waals surface area contributed by atoms with E-state index in [-0.39, 0.29) is 5.91 Å². The van der Waals surface area contributed by atoms with Crippen LogP contribution < -0.4 is 10.1 Å². The Morgan fingerprint density at radius 3 is 2.70 bits per heavy atom. The Hall–Kier alpha value is -1.59. The number of carbonyl (C=O) groups is 1. The lowest BCUT2D eigenvalue weighted by Crippen LogP contribution is -2.37. The van der Waals surface area contributed by atoms with E-state index in [9.17, 15) is 9.90 Å². The second-order valence-corrected chi connectivity index (χ2v) is 4.61. The molecule has 0 heterocycles. The summed E-state index contributed by atoms with van der Waals surface area (Å²) in [5, 5.41) is 12.4. The summed E-state index contributed by atoms with van der Waals surface area (Å²) in [5.74, 6) is 0.351. The van der Waals surface area contributed by atoms with E-state index in [0.717, 1.165) is 6.42 Å². The van der Waals surface area contributed by atoms with Gasteiger partial charge in [0.15, 0.2) is 6.10 Å². The molecule has 5 heteroatoms. The molecule has 20 heavy (non-hydrogen) atoms. The number of amides is 1. The van der Waals surface area contributed by atoms with Crippen LogP contribution in [-0.2, 0) is 9.53 Å². The molecule has 1 aromatic carbocycles. The quantitative estimate of drug-likeness (QED) is 0.711. The lowest BCUT2D eigenvalue weighted by Gasteiger charge is -2.18. The minimum atomic E-state index is -0.636. The van der Waals surface area contributed by atoms with Crippen molar-refractivity contribution in [3.8, 4) is 5.75 Å². The molecule has 2 N–H and O–H groups in total. The van der Waals surface area contributed by atoms with Crippen molar-refractivity contribution in [2.75, 3.05) is 20.3 Å². The van der Waals surface area contributed by atoms with Crippen LogP contribution in [-0.4, -0.2) is 37.4 Å². The van der Waals surface area contributed by atoms with Gasteiger partial charge in [0.05, 0.1) is 6.10 Å². The van der Waals surface area contributed by atoms with Gasteiger partial charge >= 0.3 is 0 Å². The van der Waals surface area contributed by atoms with Crippen LogP contribution >= 0.6 is 0 Å². The molecule has 0 saturated carbocycles. The number of hydrogen-bond donors (Lipinski definition) is 2. The number of aliphatic hydroxyl groups is 1. The number of ether oxygens (including phenoxy) is 2. The van der Waals surface area contributed by atoms with Gasteiger partial charge in [0.1, 0.15) is 5.75 Å². The fraction of sp³-hybridized carbons (Fsp3) is 0.533. The molecule has 0 saturated heterocycles. The smallest absolute Gasteiger partial charge is 0.260 e. The molecular formula is C15H23NO4. The fourth-order valence-electron chi connectivity index (χ4n) is 1.75. The van der Waals surface area contributed by atoms with Gasteiger partial charge in [-0.2, -0.15) is 0 Å². The predicted molar refractivity (Wildman–Crippen MR) is 76.7 cm³/mol. The largest absolute Gasteiger partial charge is 0.481 e. The zero-order valence-corrected chi connectivity index (χ0v) is 12.3. The van der Waals surface area contributed by atoms with Crippen LogP contribution in [0.1, 0.15) is 31.9 Å². The second kappa shape index (κ2) is 8.55. The third-order valence-corrected chi connectivity index (χ3v) is 2.87. The predicted octanol–water partition coefficient (Wildman–Crippen LogP) is 1.66. The Kier molecular flexibility index (Phi) is 7.04. The molecule has 0 radical (unpaired) electrons. The summed E-state index contributed by atoms with van der Waals surface area (Å²) in [6, 6.07) is 7.16. The van der Waals surface area contributed by atoms with Crippen molar-refractivity contribution in [3.05, 3.63) is 29.8 Å². The number of carbonyl (C=O) groups excluding carboxylic acids is 1. The first-order chi connectivity index (χ1) is 9.56. The third-order valence-electron chi connectivity index (χ3n) is 2.87. The Bertz CT molecular complexity index is 420. The number of benzene rings is 1. The number of para-hydroxylation sites is 1. The van der Waals surface area contributed by atoms with Crippen molar-refractivity contribution in [2.45, 2.75) is 32.5 Å². The standard InChI is InChI=1S/C15H23NO4/c1-11(17)13-7-4-5-8-14(13)20-12(2)15(18)16-9-6-10-19-3/h4-5,7-8,11-12,17H,6,9-10H2,1-3H3,(H,16,18). The molecule has 112 valence electrons. The lowest BCUT2D eigenvalue weighted by molar-refractivity contribution is -0.127. The number of rotatable bonds is 8. The van der Waals surface area contributed by atoms with Crippen molar-refractivity contribution < 1.29 is 19.4 Å². The summed E-state index contributed by atoms with van der Waals surface area (Å²) in [4.78, 5) is 11.9. The molecule has 0 spiro atoms. The molecule has 1 aromatic rings. The normalized spacial score (nSPS) is 13.6. The van der Waals surface area contributed by atoms with Crippen LogP contribution in [0.3, 0.4) is 0 Å². The minimum Gasteiger partial charge on any atom is -0.481 e. The molecule has 0 aliphatic carbocycles. The number of aliphatic hydroxyl groups excluding tert-OH is 1. The van der Waals surface area contributed by atoms with Crippen LogP contribution in [0.15, 0.2) is 24.3 Å². The maximum atomic E-state index is 11.9. The van der Waals surface area contributed by atoms with Gasteiger partial charge in [-0.05, 0) is 26.3 Å². The van der Waals surface area contributed by atoms with Gasteiger partial charge in [0.2, 0.25) is 0 Å². The van der Waals surface area contributed by atoms with E-state index >= 15 is 0 Å². The lowest BCUT2D eigenvalue weighted by atomic mass is 10.1. The third kappa shape index (κ3) is 5.19. The maximum absolute atomic E-state index is 11.9. The molecule has 1 amide bonds. The second-order valence-electron chi connectivity index (χ2n) is 4.61. The summed E-state index contributed by atoms with van der Waals surface area (Å²) < 4.78 is 10.5. The first kappa shape index (κ1) is 16.5. The van der Waals surface area contributed by atoms with Crippen LogP contribution in [0.2, 0.25) is 0 Å². The van der Waals surface area contributed by atoms with Crippen molar-refractivity contribution >= 4 is 5.91 Å². The van der Waals surface area contributed by atoms with Crippen molar-refractivity contribution in [1.29, 1.82) is 0 Å². The summed E-state index contributed by atoms with van der Waals surface area (Å²) in [7, 11) is 1.63. The Balaban J connectivity index is 2.53. The summed E-state index contributed by atoms with van der Waals surface area (Å²) in [6.07, 6.45) is -0.486. The number of hydrogen-bond acceptors (Lipinski definition) is 4. The maximum Gasteiger partial charge on any atom is 0.260 e. The van der Waals surface area contributed by atoms with E-state index < -0.39 is 12.2 Å². The molecule has 0 aliphatic rings. The van der Waals surface area contributed by atoms with Crippen LogP contribution in [0.4, 0.5) is 0 Å². The highest BCUT2D eigenvalue weighted by Crippen LogP contribution is 2.25. The highest BCUT2D eigenvalue weighted by atomic mass is 16.5. The molecular weight excluding hydrogens is 258 g/mol. The van der Waals surface area contributed by atoms with Gasteiger partial charge in [0.25, 0.3) is 5.91 Å². The molecule has 0 bridgehead atoms. The van der Waals surface area contributed by atoms with Crippen LogP contribution in [0, 0.1) is 0 Å². The molecule has 2 unspecified atom stereocenters. The first-order valence-electron chi connectivity index (χ1n) is 6.76. The summed E-state index contributed by atoms with van der Waals surface area (Å²) in [5.41, 5.74) is 0.673. The van der Waals surface area contributed by atoms with Crippen LogP contribution in [0.25, 0.3) is 0 Å². The number of nitrogens with one attached hydrogen (secondary N) is 1. The SMILES string of the molecule is COCCCNC(=O)C(C)Oc1ccccc1C(C)O. The topological polar surface area (TPSA) is 67.8 Å². The van der Waals surface area contributed by atoms with Crippen molar-refractivity contribution in [1.82, 2.24) is 5.32 Å². The average molecular weight is 281 g/mol. The Labute approximate surface area is 119 Å². The molecule has 2 atom stereocenters. The Morgan fingerprint density at radius 2 is 2.05 bits per heavy atom. The van der Waals surface area contributed by atoms with Gasteiger partial charge in [-0.3, -0.25) is 4.79 Å². The van der Waals surface area contributed by atoms with Crippen molar-refractivity contribution in [2.24, 2.45) is 0 Å². The van der Waals surface area contributed by atoms with Crippen molar-refractivity contribution in [3.63, 3.8) is 0 Å². The summed E-state index contributed by atoms with van der Waals surface area (Å²) >= 11 is 0. The van der Waals surface area contributed by atoms with Crippen LogP contribution in [0.5, 0.6) is 5.75 Å². The summed E-state index contributed by atoms with van der Waals surface area (Å²) in [6.45, 7) is 4.51. The van der Waals surface area contributed by atoms with E-state index in [1.165, 1.54) is 0 Å². The highest BCUT2D eigenvalue weighted by molar-refractivity contribution is 5.80. The van der Waals surface area contributed by atoms with E-state index in [1.54, 1.807) is 33.1 Å². The van der Waals surface area contributed by atoms with E-state index in [1.807, 2.05) is 12.1 Å².